The molecule has 0 saturated carbocycles. The van der Waals surface area contributed by atoms with Crippen LogP contribution in [0.15, 0.2) is 0 Å². The first kappa shape index (κ1) is 7.27. The van der Waals surface area contributed by atoms with Crippen molar-refractivity contribution in [1.82, 2.24) is 0 Å². The van der Waals surface area contributed by atoms with Gasteiger partial charge in [0.15, 0.2) is 0 Å². The second-order valence-corrected chi connectivity index (χ2v) is 2.20. The van der Waals surface area contributed by atoms with Gasteiger partial charge in [-0.2, -0.15) is 11.8 Å². The minimum Gasteiger partial charge on any atom is -0.394 e. The lowest BCUT2D eigenvalue weighted by atomic mass is 10.4. The van der Waals surface area contributed by atoms with Gasteiger partial charge in [0.2, 0.25) is 0 Å². The fourth-order valence-electron chi connectivity index (χ4n) is 0.245. The van der Waals surface area contributed by atoms with Crippen LogP contribution in [-0.2, 0) is 0 Å². The van der Waals surface area contributed by atoms with Crippen LogP contribution in [0, 0.1) is 0 Å². The molecule has 0 heterocycles. The summed E-state index contributed by atoms with van der Waals surface area (Å²) in [4.78, 5) is 0. The van der Waals surface area contributed by atoms with E-state index in [1.54, 1.807) is 0 Å². The van der Waals surface area contributed by atoms with Crippen molar-refractivity contribution >= 4 is 11.8 Å². The highest BCUT2D eigenvalue weighted by molar-refractivity contribution is 7.98. The molecule has 0 unspecified atom stereocenters. The molecule has 0 aromatic rings. The van der Waals surface area contributed by atoms with Gasteiger partial charge in [0, 0.05) is 5.75 Å². The lowest BCUT2D eigenvalue weighted by Crippen LogP contribution is -2.14. The van der Waals surface area contributed by atoms with Crippen molar-refractivity contribution < 1.29 is 10.2 Å². The molecule has 0 amide bonds. The van der Waals surface area contributed by atoms with Gasteiger partial charge in [-0.1, -0.05) is 0 Å². The Morgan fingerprint density at radius 1 is 1.71 bits per heavy atom. The second-order valence-electron chi connectivity index (χ2n) is 1.29. The van der Waals surface area contributed by atoms with E-state index in [1.807, 2.05) is 6.26 Å². The van der Waals surface area contributed by atoms with Crippen molar-refractivity contribution in [3.63, 3.8) is 0 Å². The fraction of sp³-hybridized carbons (Fsp3) is 1.00. The summed E-state index contributed by atoms with van der Waals surface area (Å²) >= 11 is 1.52. The van der Waals surface area contributed by atoms with E-state index in [2.05, 4.69) is 0 Å². The Kier molecular flexibility index (Phi) is 4.60. The molecular formula is C4H10O2S. The number of thioether (sulfide) groups is 1. The van der Waals surface area contributed by atoms with Gasteiger partial charge in [0.25, 0.3) is 0 Å². The van der Waals surface area contributed by atoms with Gasteiger partial charge in [-0.3, -0.25) is 0 Å². The van der Waals surface area contributed by atoms with E-state index < -0.39 is 6.10 Å². The maximum atomic E-state index is 8.59. The van der Waals surface area contributed by atoms with E-state index in [9.17, 15) is 0 Å². The van der Waals surface area contributed by atoms with Crippen molar-refractivity contribution in [3.8, 4) is 0 Å². The lowest BCUT2D eigenvalue weighted by molar-refractivity contribution is 0.113. The van der Waals surface area contributed by atoms with E-state index in [4.69, 9.17) is 10.2 Å². The molecule has 0 rings (SSSR count). The molecular weight excluding hydrogens is 112 g/mol. The van der Waals surface area contributed by atoms with Crippen LogP contribution in [0.25, 0.3) is 0 Å². The molecule has 0 spiro atoms. The van der Waals surface area contributed by atoms with Gasteiger partial charge >= 0.3 is 0 Å². The Morgan fingerprint density at radius 2 is 2.29 bits per heavy atom. The monoisotopic (exact) mass is 122 g/mol. The third-order valence-electron chi connectivity index (χ3n) is 0.570. The molecule has 0 aliphatic rings. The Labute approximate surface area is 47.5 Å². The zero-order chi connectivity index (χ0) is 5.70. The Hall–Kier alpha value is 0.270. The summed E-state index contributed by atoms with van der Waals surface area (Å²) < 4.78 is 0. The molecule has 7 heavy (non-hydrogen) atoms. The van der Waals surface area contributed by atoms with Crippen LogP contribution in [0.4, 0.5) is 0 Å². The smallest absolute Gasteiger partial charge is 0.0860 e. The molecule has 0 fully saturated rings. The molecule has 0 aliphatic heterocycles. The number of hydrogen-bond donors (Lipinski definition) is 2. The molecule has 0 aliphatic carbocycles. The highest BCUT2D eigenvalue weighted by Gasteiger charge is 1.96. The molecule has 1 atom stereocenters. The predicted octanol–water partition coefficient (Wildman–Crippen LogP) is -0.297. The standard InChI is InChI=1S/C4H10O2S/c1-7-3-4(6)2-5/h4-6H,2-3H2,1H3/t4-/m1/s1. The van der Waals surface area contributed by atoms with Crippen LogP contribution < -0.4 is 0 Å². The lowest BCUT2D eigenvalue weighted by Gasteiger charge is -2.00. The van der Waals surface area contributed by atoms with Gasteiger partial charge in [-0.05, 0) is 6.26 Å². The maximum Gasteiger partial charge on any atom is 0.0860 e. The SMILES string of the molecule is CSC[C@H](O)CO. The molecule has 0 radical (unpaired) electrons. The first-order chi connectivity index (χ1) is 3.31. The predicted molar refractivity (Wildman–Crippen MR) is 31.5 cm³/mol. The summed E-state index contributed by atoms with van der Waals surface area (Å²) in [6.45, 7) is -0.124. The van der Waals surface area contributed by atoms with Crippen LogP contribution in [0.5, 0.6) is 0 Å². The summed E-state index contributed by atoms with van der Waals surface area (Å²) in [6, 6.07) is 0. The number of rotatable bonds is 3. The van der Waals surface area contributed by atoms with Crippen LogP contribution in [0.3, 0.4) is 0 Å². The van der Waals surface area contributed by atoms with Crippen LogP contribution in [-0.4, -0.2) is 34.9 Å². The number of aliphatic hydroxyl groups excluding tert-OH is 2. The topological polar surface area (TPSA) is 40.5 Å². The molecule has 2 nitrogen and oxygen atoms in total. The molecule has 2 N–H and O–H groups in total. The summed E-state index contributed by atoms with van der Waals surface area (Å²) in [5.41, 5.74) is 0. The minimum absolute atomic E-state index is 0.124. The van der Waals surface area contributed by atoms with Gasteiger partial charge in [-0.15, -0.1) is 0 Å². The first-order valence-electron chi connectivity index (χ1n) is 2.09. The van der Waals surface area contributed by atoms with E-state index >= 15 is 0 Å². The zero-order valence-electron chi connectivity index (χ0n) is 4.29. The van der Waals surface area contributed by atoms with E-state index in [0.29, 0.717) is 5.75 Å². The Bertz CT molecular complexity index is 40.7. The highest BCUT2D eigenvalue weighted by Crippen LogP contribution is 1.94. The van der Waals surface area contributed by atoms with Crippen molar-refractivity contribution in [2.24, 2.45) is 0 Å². The number of hydrogen-bond acceptors (Lipinski definition) is 3. The van der Waals surface area contributed by atoms with Gasteiger partial charge in [0.1, 0.15) is 0 Å². The van der Waals surface area contributed by atoms with Crippen molar-refractivity contribution in [2.75, 3.05) is 18.6 Å². The largest absolute Gasteiger partial charge is 0.394 e. The van der Waals surface area contributed by atoms with E-state index in [-0.39, 0.29) is 6.61 Å². The quantitative estimate of drug-likeness (QED) is 0.540. The Balaban J connectivity index is 2.83. The third-order valence-corrected chi connectivity index (χ3v) is 1.29. The summed E-state index contributed by atoms with van der Waals surface area (Å²) in [7, 11) is 0. The summed E-state index contributed by atoms with van der Waals surface area (Å²) in [5, 5.41) is 16.8. The molecule has 0 aromatic heterocycles. The van der Waals surface area contributed by atoms with Gasteiger partial charge in [-0.25, -0.2) is 0 Å². The van der Waals surface area contributed by atoms with Crippen LogP contribution in [0.1, 0.15) is 0 Å². The third kappa shape index (κ3) is 4.12. The molecule has 0 bridgehead atoms. The zero-order valence-corrected chi connectivity index (χ0v) is 5.11. The van der Waals surface area contributed by atoms with Crippen molar-refractivity contribution in [3.05, 3.63) is 0 Å². The molecule has 44 valence electrons. The average Bonchev–Trinajstić information content (AvgIpc) is 1.68. The van der Waals surface area contributed by atoms with Crippen LogP contribution >= 0.6 is 11.8 Å². The van der Waals surface area contributed by atoms with Crippen molar-refractivity contribution in [2.45, 2.75) is 6.10 Å². The second kappa shape index (κ2) is 4.43. The molecule has 0 aromatic carbocycles. The average molecular weight is 122 g/mol. The molecule has 0 saturated heterocycles. The Morgan fingerprint density at radius 3 is 2.43 bits per heavy atom. The van der Waals surface area contributed by atoms with Crippen molar-refractivity contribution in [1.29, 1.82) is 0 Å². The minimum atomic E-state index is -0.532. The fourth-order valence-corrected chi connectivity index (χ4v) is 0.735. The van der Waals surface area contributed by atoms with Crippen LogP contribution in [0.2, 0.25) is 0 Å². The van der Waals surface area contributed by atoms with Gasteiger partial charge < -0.3 is 10.2 Å². The number of aliphatic hydroxyl groups is 2. The van der Waals surface area contributed by atoms with Gasteiger partial charge in [0.05, 0.1) is 12.7 Å². The summed E-state index contributed by atoms with van der Waals surface area (Å²) in [5.74, 6) is 0.622. The summed E-state index contributed by atoms with van der Waals surface area (Å²) in [6.07, 6.45) is 1.36. The first-order valence-corrected chi connectivity index (χ1v) is 3.48. The van der Waals surface area contributed by atoms with E-state index in [0.717, 1.165) is 0 Å². The maximum absolute atomic E-state index is 8.59. The normalized spacial score (nSPS) is 14.1. The van der Waals surface area contributed by atoms with E-state index in [1.165, 1.54) is 11.8 Å². The highest BCUT2D eigenvalue weighted by atomic mass is 32.2. The molecule has 3 heteroatoms.